The van der Waals surface area contributed by atoms with Crippen molar-refractivity contribution in [2.45, 2.75) is 49.4 Å². The highest BCUT2D eigenvalue weighted by molar-refractivity contribution is 8.00. The van der Waals surface area contributed by atoms with Crippen molar-refractivity contribution in [1.29, 1.82) is 0 Å². The fourth-order valence-corrected chi connectivity index (χ4v) is 4.56. The number of likely N-dealkylation sites (N-methyl/N-ethyl adjacent to an activating group) is 1. The standard InChI is InChI=1S/C13H28N2S2/c1-11(6-9-16-3)15(2)12(10-14)13(17-4)7-5-8-13/h11-12H,5-10,14H2,1-4H3. The number of nitrogens with zero attached hydrogens (tertiary/aromatic N) is 1. The van der Waals surface area contributed by atoms with Crippen molar-refractivity contribution in [2.75, 3.05) is 31.9 Å². The number of thioether (sulfide) groups is 2. The molecule has 2 unspecified atom stereocenters. The third kappa shape index (κ3) is 3.55. The molecule has 1 saturated carbocycles. The van der Waals surface area contributed by atoms with Crippen molar-refractivity contribution in [3.63, 3.8) is 0 Å². The second kappa shape index (κ2) is 7.27. The molecule has 2 nitrogen and oxygen atoms in total. The highest BCUT2D eigenvalue weighted by Crippen LogP contribution is 2.47. The minimum absolute atomic E-state index is 0.442. The van der Waals surface area contributed by atoms with Gasteiger partial charge in [0.2, 0.25) is 0 Å². The second-order valence-corrected chi connectivity index (χ2v) is 7.38. The van der Waals surface area contributed by atoms with Crippen molar-refractivity contribution in [2.24, 2.45) is 5.73 Å². The number of hydrogen-bond acceptors (Lipinski definition) is 4. The van der Waals surface area contributed by atoms with E-state index in [1.165, 1.54) is 31.4 Å². The first-order chi connectivity index (χ1) is 8.11. The van der Waals surface area contributed by atoms with Gasteiger partial charge in [0.05, 0.1) is 0 Å². The summed E-state index contributed by atoms with van der Waals surface area (Å²) in [6.45, 7) is 3.13. The van der Waals surface area contributed by atoms with Crippen LogP contribution in [0.15, 0.2) is 0 Å². The smallest absolute Gasteiger partial charge is 0.0365 e. The SMILES string of the molecule is CSCCC(C)N(C)C(CN)C1(SC)CCC1. The molecule has 0 aromatic rings. The van der Waals surface area contributed by atoms with Crippen LogP contribution in [0, 0.1) is 0 Å². The Morgan fingerprint density at radius 1 is 1.35 bits per heavy atom. The molecule has 1 aliphatic carbocycles. The maximum atomic E-state index is 6.05. The van der Waals surface area contributed by atoms with E-state index in [2.05, 4.69) is 31.4 Å². The van der Waals surface area contributed by atoms with Crippen LogP contribution < -0.4 is 5.73 Å². The number of rotatable bonds is 8. The second-order valence-electron chi connectivity index (χ2n) is 5.17. The monoisotopic (exact) mass is 276 g/mol. The molecular weight excluding hydrogens is 248 g/mol. The van der Waals surface area contributed by atoms with Gasteiger partial charge in [-0.25, -0.2) is 0 Å². The Bertz CT molecular complexity index is 214. The first-order valence-corrected chi connectivity index (χ1v) is 9.19. The van der Waals surface area contributed by atoms with Crippen LogP contribution in [0.1, 0.15) is 32.6 Å². The number of hydrogen-bond donors (Lipinski definition) is 1. The van der Waals surface area contributed by atoms with E-state index in [9.17, 15) is 0 Å². The van der Waals surface area contributed by atoms with Crippen molar-refractivity contribution in [3.05, 3.63) is 0 Å². The van der Waals surface area contributed by atoms with Gasteiger partial charge in [0, 0.05) is 23.4 Å². The molecular formula is C13H28N2S2. The summed E-state index contributed by atoms with van der Waals surface area (Å²) in [7, 11) is 2.26. The van der Waals surface area contributed by atoms with Gasteiger partial charge in [0.15, 0.2) is 0 Å². The van der Waals surface area contributed by atoms with Crippen LogP contribution in [-0.4, -0.2) is 53.6 Å². The Labute approximate surface area is 115 Å². The minimum atomic E-state index is 0.442. The third-order valence-corrected chi connectivity index (χ3v) is 6.50. The van der Waals surface area contributed by atoms with Crippen LogP contribution in [0.4, 0.5) is 0 Å². The summed E-state index contributed by atoms with van der Waals surface area (Å²) in [5.41, 5.74) is 6.05. The van der Waals surface area contributed by atoms with Gasteiger partial charge in [-0.2, -0.15) is 23.5 Å². The minimum Gasteiger partial charge on any atom is -0.329 e. The highest BCUT2D eigenvalue weighted by atomic mass is 32.2. The molecule has 0 amide bonds. The molecule has 4 heteroatoms. The highest BCUT2D eigenvalue weighted by Gasteiger charge is 2.45. The summed E-state index contributed by atoms with van der Waals surface area (Å²) < 4.78 is 0.442. The summed E-state index contributed by atoms with van der Waals surface area (Å²) in [6.07, 6.45) is 9.76. The summed E-state index contributed by atoms with van der Waals surface area (Å²) in [6, 6.07) is 1.18. The molecule has 17 heavy (non-hydrogen) atoms. The molecule has 0 heterocycles. The van der Waals surface area contributed by atoms with Gasteiger partial charge in [-0.15, -0.1) is 0 Å². The van der Waals surface area contributed by atoms with Crippen LogP contribution in [0.25, 0.3) is 0 Å². The molecule has 0 spiro atoms. The van der Waals surface area contributed by atoms with E-state index < -0.39 is 0 Å². The molecule has 0 saturated heterocycles. The van der Waals surface area contributed by atoms with E-state index in [0.29, 0.717) is 16.8 Å². The molecule has 102 valence electrons. The summed E-state index contributed by atoms with van der Waals surface area (Å²) in [5.74, 6) is 1.25. The van der Waals surface area contributed by atoms with Crippen molar-refractivity contribution >= 4 is 23.5 Å². The fraction of sp³-hybridized carbons (Fsp3) is 1.00. The molecule has 1 fully saturated rings. The van der Waals surface area contributed by atoms with Crippen LogP contribution in [0.5, 0.6) is 0 Å². The number of nitrogens with two attached hydrogens (primary N) is 1. The van der Waals surface area contributed by atoms with E-state index in [0.717, 1.165) is 6.54 Å². The molecule has 1 rings (SSSR count). The Balaban J connectivity index is 2.59. The molecule has 0 bridgehead atoms. The van der Waals surface area contributed by atoms with Crippen LogP contribution >= 0.6 is 23.5 Å². The largest absolute Gasteiger partial charge is 0.329 e. The van der Waals surface area contributed by atoms with Crippen LogP contribution in [0.3, 0.4) is 0 Å². The Hall–Kier alpha value is 0.620. The first kappa shape index (κ1) is 15.7. The quantitative estimate of drug-likeness (QED) is 0.738. The Kier molecular flexibility index (Phi) is 6.70. The zero-order chi connectivity index (χ0) is 12.9. The maximum Gasteiger partial charge on any atom is 0.0365 e. The zero-order valence-electron chi connectivity index (χ0n) is 11.7. The first-order valence-electron chi connectivity index (χ1n) is 6.57. The summed E-state index contributed by atoms with van der Waals surface area (Å²) in [5, 5.41) is 0. The fourth-order valence-electron chi connectivity index (χ4n) is 2.75. The third-order valence-electron chi connectivity index (χ3n) is 4.36. The molecule has 0 aromatic carbocycles. The van der Waals surface area contributed by atoms with Crippen LogP contribution in [-0.2, 0) is 0 Å². The lowest BCUT2D eigenvalue weighted by molar-refractivity contribution is 0.114. The van der Waals surface area contributed by atoms with Crippen LogP contribution in [0.2, 0.25) is 0 Å². The van der Waals surface area contributed by atoms with E-state index in [4.69, 9.17) is 5.73 Å². The van der Waals surface area contributed by atoms with Crippen molar-refractivity contribution in [1.82, 2.24) is 4.90 Å². The molecule has 2 N–H and O–H groups in total. The van der Waals surface area contributed by atoms with Crippen molar-refractivity contribution < 1.29 is 0 Å². The normalized spacial score (nSPS) is 22.2. The van der Waals surface area contributed by atoms with Gasteiger partial charge in [0.25, 0.3) is 0 Å². The van der Waals surface area contributed by atoms with Gasteiger partial charge in [-0.1, -0.05) is 6.42 Å². The van der Waals surface area contributed by atoms with E-state index in [1.54, 1.807) is 0 Å². The molecule has 0 radical (unpaired) electrons. The van der Waals surface area contributed by atoms with E-state index in [1.807, 2.05) is 23.5 Å². The Morgan fingerprint density at radius 2 is 2.00 bits per heavy atom. The van der Waals surface area contributed by atoms with E-state index in [-0.39, 0.29) is 0 Å². The Morgan fingerprint density at radius 3 is 2.35 bits per heavy atom. The lowest BCUT2D eigenvalue weighted by Crippen LogP contribution is -2.58. The van der Waals surface area contributed by atoms with Gasteiger partial charge in [-0.05, 0) is 51.5 Å². The topological polar surface area (TPSA) is 29.3 Å². The zero-order valence-corrected chi connectivity index (χ0v) is 13.4. The molecule has 1 aliphatic rings. The maximum absolute atomic E-state index is 6.05. The lowest BCUT2D eigenvalue weighted by atomic mass is 9.77. The summed E-state index contributed by atoms with van der Waals surface area (Å²) in [4.78, 5) is 2.53. The molecule has 2 atom stereocenters. The average molecular weight is 277 g/mol. The van der Waals surface area contributed by atoms with Crippen molar-refractivity contribution in [3.8, 4) is 0 Å². The molecule has 0 aromatic heterocycles. The van der Waals surface area contributed by atoms with Gasteiger partial charge in [0.1, 0.15) is 0 Å². The predicted molar refractivity (Wildman–Crippen MR) is 83.2 cm³/mol. The molecule has 0 aliphatic heterocycles. The van der Waals surface area contributed by atoms with Gasteiger partial charge >= 0.3 is 0 Å². The average Bonchev–Trinajstić information content (AvgIpc) is 2.29. The van der Waals surface area contributed by atoms with E-state index >= 15 is 0 Å². The lowest BCUT2D eigenvalue weighted by Gasteiger charge is -2.51. The summed E-state index contributed by atoms with van der Waals surface area (Å²) >= 11 is 3.97. The van der Waals surface area contributed by atoms with Gasteiger partial charge in [-0.3, -0.25) is 4.90 Å². The predicted octanol–water partition coefficient (Wildman–Crippen LogP) is 2.67. The van der Waals surface area contributed by atoms with Gasteiger partial charge < -0.3 is 5.73 Å².